The molecule has 0 radical (unpaired) electrons. The normalized spacial score (nSPS) is 15.6. The summed E-state index contributed by atoms with van der Waals surface area (Å²) in [6.07, 6.45) is 4.19. The summed E-state index contributed by atoms with van der Waals surface area (Å²) in [5.41, 5.74) is 5.57. The minimum absolute atomic E-state index is 0.646. The van der Waals surface area contributed by atoms with Gasteiger partial charge in [0, 0.05) is 25.3 Å². The molecule has 1 aromatic rings. The maximum Gasteiger partial charge on any atom is 0.128 e. The molecular weight excluding hydrogens is 198 g/mol. The van der Waals surface area contributed by atoms with Gasteiger partial charge in [-0.1, -0.05) is 11.6 Å². The molecule has 0 spiro atoms. The van der Waals surface area contributed by atoms with E-state index in [0.717, 1.165) is 12.4 Å². The SMILES string of the molecule is NCCN(c1ccc(Cl)cn1)C1CC1. The summed E-state index contributed by atoms with van der Waals surface area (Å²) in [5.74, 6) is 0.988. The summed E-state index contributed by atoms with van der Waals surface area (Å²) < 4.78 is 0. The molecule has 0 aliphatic heterocycles. The van der Waals surface area contributed by atoms with Gasteiger partial charge in [-0.2, -0.15) is 0 Å². The summed E-state index contributed by atoms with van der Waals surface area (Å²) in [4.78, 5) is 6.56. The van der Waals surface area contributed by atoms with Crippen LogP contribution in [0.15, 0.2) is 18.3 Å². The van der Waals surface area contributed by atoms with Crippen LogP contribution in [0.2, 0.25) is 5.02 Å². The van der Waals surface area contributed by atoms with Crippen LogP contribution in [0.25, 0.3) is 0 Å². The fourth-order valence-corrected chi connectivity index (χ4v) is 1.66. The Morgan fingerprint density at radius 3 is 2.79 bits per heavy atom. The molecule has 14 heavy (non-hydrogen) atoms. The van der Waals surface area contributed by atoms with Crippen molar-refractivity contribution in [2.45, 2.75) is 18.9 Å². The third kappa shape index (κ3) is 2.16. The topological polar surface area (TPSA) is 42.1 Å². The van der Waals surface area contributed by atoms with Crippen molar-refractivity contribution in [2.75, 3.05) is 18.0 Å². The number of halogens is 1. The monoisotopic (exact) mass is 211 g/mol. The van der Waals surface area contributed by atoms with E-state index in [0.29, 0.717) is 17.6 Å². The Morgan fingerprint density at radius 1 is 1.50 bits per heavy atom. The highest BCUT2D eigenvalue weighted by atomic mass is 35.5. The Kier molecular flexibility index (Phi) is 2.89. The first-order valence-electron chi connectivity index (χ1n) is 4.89. The van der Waals surface area contributed by atoms with Gasteiger partial charge in [-0.05, 0) is 25.0 Å². The lowest BCUT2D eigenvalue weighted by atomic mass is 10.4. The number of aromatic nitrogens is 1. The van der Waals surface area contributed by atoms with Crippen molar-refractivity contribution >= 4 is 17.4 Å². The molecule has 1 aliphatic rings. The first-order valence-corrected chi connectivity index (χ1v) is 5.27. The summed E-state index contributed by atoms with van der Waals surface area (Å²) in [5, 5.41) is 0.678. The van der Waals surface area contributed by atoms with Crippen molar-refractivity contribution in [1.29, 1.82) is 0 Å². The molecule has 0 atom stereocenters. The summed E-state index contributed by atoms with van der Waals surface area (Å²) in [7, 11) is 0. The first-order chi connectivity index (χ1) is 6.81. The Labute approximate surface area is 88.9 Å². The van der Waals surface area contributed by atoms with Crippen molar-refractivity contribution < 1.29 is 0 Å². The van der Waals surface area contributed by atoms with Crippen LogP contribution in [-0.2, 0) is 0 Å². The van der Waals surface area contributed by atoms with Gasteiger partial charge >= 0.3 is 0 Å². The number of anilines is 1. The standard InChI is InChI=1S/C10H14ClN3/c11-8-1-4-10(13-7-8)14(6-5-12)9-2-3-9/h1,4,7,9H,2-3,5-6,12H2. The molecule has 0 unspecified atom stereocenters. The predicted octanol–water partition coefficient (Wildman–Crippen LogP) is 1.66. The van der Waals surface area contributed by atoms with E-state index in [-0.39, 0.29) is 0 Å². The highest BCUT2D eigenvalue weighted by Gasteiger charge is 2.29. The van der Waals surface area contributed by atoms with E-state index in [9.17, 15) is 0 Å². The Bertz CT molecular complexity index is 295. The van der Waals surface area contributed by atoms with E-state index < -0.39 is 0 Å². The van der Waals surface area contributed by atoms with E-state index in [1.54, 1.807) is 6.20 Å². The lowest BCUT2D eigenvalue weighted by Gasteiger charge is -2.22. The van der Waals surface area contributed by atoms with Gasteiger partial charge < -0.3 is 10.6 Å². The molecule has 0 bridgehead atoms. The number of pyridine rings is 1. The molecule has 0 saturated heterocycles. The molecule has 2 N–H and O–H groups in total. The smallest absolute Gasteiger partial charge is 0.128 e. The largest absolute Gasteiger partial charge is 0.352 e. The average molecular weight is 212 g/mol. The van der Waals surface area contributed by atoms with Crippen LogP contribution in [0.1, 0.15) is 12.8 Å². The van der Waals surface area contributed by atoms with E-state index in [1.807, 2.05) is 12.1 Å². The number of hydrogen-bond donors (Lipinski definition) is 1. The molecule has 3 nitrogen and oxygen atoms in total. The van der Waals surface area contributed by atoms with Gasteiger partial charge in [-0.25, -0.2) is 4.98 Å². The Hall–Kier alpha value is -0.800. The van der Waals surface area contributed by atoms with E-state index in [2.05, 4.69) is 9.88 Å². The third-order valence-electron chi connectivity index (χ3n) is 2.36. The fourth-order valence-electron chi connectivity index (χ4n) is 1.55. The molecule has 1 aromatic heterocycles. The minimum atomic E-state index is 0.646. The van der Waals surface area contributed by atoms with E-state index in [4.69, 9.17) is 17.3 Å². The van der Waals surface area contributed by atoms with Gasteiger partial charge in [-0.15, -0.1) is 0 Å². The molecule has 4 heteroatoms. The number of hydrogen-bond acceptors (Lipinski definition) is 3. The van der Waals surface area contributed by atoms with Gasteiger partial charge in [-0.3, -0.25) is 0 Å². The van der Waals surface area contributed by atoms with Gasteiger partial charge in [0.2, 0.25) is 0 Å². The van der Waals surface area contributed by atoms with Gasteiger partial charge in [0.15, 0.2) is 0 Å². The minimum Gasteiger partial charge on any atom is -0.352 e. The Balaban J connectivity index is 2.13. The van der Waals surface area contributed by atoms with Crippen molar-refractivity contribution in [2.24, 2.45) is 5.73 Å². The van der Waals surface area contributed by atoms with Crippen molar-refractivity contribution in [3.63, 3.8) is 0 Å². The molecule has 1 aliphatic carbocycles. The van der Waals surface area contributed by atoms with Crippen molar-refractivity contribution in [3.05, 3.63) is 23.4 Å². The average Bonchev–Trinajstić information content (AvgIpc) is 2.99. The first kappa shape index (κ1) is 9.74. The summed E-state index contributed by atoms with van der Waals surface area (Å²) in [6, 6.07) is 4.47. The lowest BCUT2D eigenvalue weighted by molar-refractivity contribution is 0.771. The van der Waals surface area contributed by atoms with Crippen LogP contribution in [0.4, 0.5) is 5.82 Å². The van der Waals surface area contributed by atoms with Gasteiger partial charge in [0.05, 0.1) is 5.02 Å². The third-order valence-corrected chi connectivity index (χ3v) is 2.59. The summed E-state index contributed by atoms with van der Waals surface area (Å²) in [6.45, 7) is 1.54. The van der Waals surface area contributed by atoms with Gasteiger partial charge in [0.25, 0.3) is 0 Å². The molecule has 76 valence electrons. The maximum atomic E-state index is 5.78. The van der Waals surface area contributed by atoms with E-state index >= 15 is 0 Å². The number of nitrogens with zero attached hydrogens (tertiary/aromatic N) is 2. The van der Waals surface area contributed by atoms with Crippen LogP contribution in [-0.4, -0.2) is 24.1 Å². The molecule has 0 amide bonds. The Morgan fingerprint density at radius 2 is 2.29 bits per heavy atom. The molecule has 1 fully saturated rings. The zero-order valence-corrected chi connectivity index (χ0v) is 8.74. The second-order valence-corrected chi connectivity index (χ2v) is 3.98. The van der Waals surface area contributed by atoms with Crippen LogP contribution in [0, 0.1) is 0 Å². The number of rotatable bonds is 4. The van der Waals surface area contributed by atoms with Gasteiger partial charge in [0.1, 0.15) is 5.82 Å². The molecule has 1 saturated carbocycles. The van der Waals surface area contributed by atoms with Crippen LogP contribution >= 0.6 is 11.6 Å². The molecule has 1 heterocycles. The molecule has 2 rings (SSSR count). The quantitative estimate of drug-likeness (QED) is 0.824. The van der Waals surface area contributed by atoms with Crippen LogP contribution in [0.5, 0.6) is 0 Å². The second kappa shape index (κ2) is 4.15. The molecule has 0 aromatic carbocycles. The fraction of sp³-hybridized carbons (Fsp3) is 0.500. The highest BCUT2D eigenvalue weighted by Crippen LogP contribution is 2.30. The maximum absolute atomic E-state index is 5.78. The van der Waals surface area contributed by atoms with Crippen molar-refractivity contribution in [3.8, 4) is 0 Å². The highest BCUT2D eigenvalue weighted by molar-refractivity contribution is 6.30. The zero-order valence-electron chi connectivity index (χ0n) is 7.99. The molecular formula is C10H14ClN3. The van der Waals surface area contributed by atoms with Crippen molar-refractivity contribution in [1.82, 2.24) is 4.98 Å². The second-order valence-electron chi connectivity index (χ2n) is 3.55. The van der Waals surface area contributed by atoms with Crippen LogP contribution in [0.3, 0.4) is 0 Å². The summed E-state index contributed by atoms with van der Waals surface area (Å²) >= 11 is 5.78. The zero-order chi connectivity index (χ0) is 9.97. The predicted molar refractivity (Wildman–Crippen MR) is 58.7 cm³/mol. The van der Waals surface area contributed by atoms with Crippen LogP contribution < -0.4 is 10.6 Å². The number of nitrogens with two attached hydrogens (primary N) is 1. The van der Waals surface area contributed by atoms with E-state index in [1.165, 1.54) is 12.8 Å². The lowest BCUT2D eigenvalue weighted by Crippen LogP contribution is -2.31.